The van der Waals surface area contributed by atoms with Crippen LogP contribution in [0.1, 0.15) is 17.3 Å². The number of hydrogen-bond acceptors (Lipinski definition) is 4. The Kier molecular flexibility index (Phi) is 4.38. The van der Waals surface area contributed by atoms with Crippen molar-refractivity contribution in [2.24, 2.45) is 5.73 Å². The lowest BCUT2D eigenvalue weighted by molar-refractivity contribution is -0.124. The van der Waals surface area contributed by atoms with Crippen LogP contribution in [-0.2, 0) is 4.79 Å². The lowest BCUT2D eigenvalue weighted by Crippen LogP contribution is -2.30. The molecule has 0 spiro atoms. The Bertz CT molecular complexity index is 489. The van der Waals surface area contributed by atoms with Crippen LogP contribution in [0.15, 0.2) is 12.1 Å². The summed E-state index contributed by atoms with van der Waals surface area (Å²) in [5.74, 6) is -1.62. The van der Waals surface area contributed by atoms with Crippen molar-refractivity contribution in [1.29, 1.82) is 0 Å². The van der Waals surface area contributed by atoms with Gasteiger partial charge >= 0.3 is 5.97 Å². The van der Waals surface area contributed by atoms with Crippen molar-refractivity contribution >= 4 is 23.5 Å². The maximum atomic E-state index is 10.9. The summed E-state index contributed by atoms with van der Waals surface area (Å²) in [6.07, 6.45) is -0.910. The van der Waals surface area contributed by atoms with Crippen molar-refractivity contribution in [1.82, 2.24) is 0 Å². The summed E-state index contributed by atoms with van der Waals surface area (Å²) in [4.78, 5) is 21.7. The first-order chi connectivity index (χ1) is 8.36. The van der Waals surface area contributed by atoms with Gasteiger partial charge in [0.05, 0.1) is 17.7 Å². The molecular formula is C11H12ClNO5. The van der Waals surface area contributed by atoms with E-state index in [9.17, 15) is 9.59 Å². The number of rotatable bonds is 5. The smallest absolute Gasteiger partial charge is 0.335 e. The minimum atomic E-state index is -1.15. The molecule has 1 amide bonds. The van der Waals surface area contributed by atoms with Gasteiger partial charge in [0, 0.05) is 0 Å². The maximum Gasteiger partial charge on any atom is 0.335 e. The summed E-state index contributed by atoms with van der Waals surface area (Å²) >= 11 is 5.89. The highest BCUT2D eigenvalue weighted by molar-refractivity contribution is 6.32. The minimum absolute atomic E-state index is 0.0276. The molecule has 6 nitrogen and oxygen atoms in total. The van der Waals surface area contributed by atoms with Crippen LogP contribution in [0.25, 0.3) is 0 Å². The van der Waals surface area contributed by atoms with Gasteiger partial charge in [0.15, 0.2) is 17.6 Å². The first-order valence-corrected chi connectivity index (χ1v) is 5.31. The molecule has 0 radical (unpaired) electrons. The van der Waals surface area contributed by atoms with Crippen LogP contribution < -0.4 is 15.2 Å². The van der Waals surface area contributed by atoms with Gasteiger partial charge in [-0.3, -0.25) is 4.79 Å². The summed E-state index contributed by atoms with van der Waals surface area (Å²) in [5.41, 5.74) is 5.02. The first-order valence-electron chi connectivity index (χ1n) is 4.93. The highest BCUT2D eigenvalue weighted by atomic mass is 35.5. The molecule has 1 unspecified atom stereocenters. The SMILES string of the molecule is COc1cc(C(=O)O)cc(Cl)c1OC(C)C(N)=O. The van der Waals surface area contributed by atoms with E-state index in [0.29, 0.717) is 0 Å². The van der Waals surface area contributed by atoms with Crippen LogP contribution in [0.5, 0.6) is 11.5 Å². The third-order valence-corrected chi connectivity index (χ3v) is 2.45. The molecule has 0 aliphatic carbocycles. The minimum Gasteiger partial charge on any atom is -0.493 e. The molecule has 1 rings (SSSR count). The molecule has 1 aromatic rings. The van der Waals surface area contributed by atoms with Crippen molar-refractivity contribution in [3.05, 3.63) is 22.7 Å². The van der Waals surface area contributed by atoms with E-state index >= 15 is 0 Å². The molecule has 98 valence electrons. The van der Waals surface area contributed by atoms with Gasteiger partial charge in [0.2, 0.25) is 0 Å². The quantitative estimate of drug-likeness (QED) is 0.842. The van der Waals surface area contributed by atoms with Crippen LogP contribution in [0.2, 0.25) is 5.02 Å². The van der Waals surface area contributed by atoms with Gasteiger partial charge in [0.25, 0.3) is 5.91 Å². The topological polar surface area (TPSA) is 98.8 Å². The average Bonchev–Trinajstić information content (AvgIpc) is 2.30. The molecule has 0 heterocycles. The Morgan fingerprint density at radius 1 is 1.44 bits per heavy atom. The van der Waals surface area contributed by atoms with E-state index in [-0.39, 0.29) is 22.1 Å². The second-order valence-corrected chi connectivity index (χ2v) is 3.86. The Morgan fingerprint density at radius 3 is 2.50 bits per heavy atom. The number of halogens is 1. The number of carboxylic acids is 1. The van der Waals surface area contributed by atoms with Gasteiger partial charge in [-0.05, 0) is 19.1 Å². The van der Waals surface area contributed by atoms with Crippen molar-refractivity contribution in [2.45, 2.75) is 13.0 Å². The Labute approximate surface area is 108 Å². The lowest BCUT2D eigenvalue weighted by Gasteiger charge is -2.16. The molecule has 7 heteroatoms. The number of carbonyl (C=O) groups excluding carboxylic acids is 1. The van der Waals surface area contributed by atoms with Crippen molar-refractivity contribution in [3.8, 4) is 11.5 Å². The summed E-state index contributed by atoms with van der Waals surface area (Å²) in [6.45, 7) is 1.45. The van der Waals surface area contributed by atoms with E-state index in [2.05, 4.69) is 0 Å². The first kappa shape index (κ1) is 14.1. The second kappa shape index (κ2) is 5.59. The van der Waals surface area contributed by atoms with Gasteiger partial charge in [-0.15, -0.1) is 0 Å². The molecule has 0 bridgehead atoms. The normalized spacial score (nSPS) is 11.7. The molecule has 18 heavy (non-hydrogen) atoms. The Hall–Kier alpha value is -1.95. The molecule has 0 aromatic heterocycles. The summed E-state index contributed by atoms with van der Waals surface area (Å²) in [6, 6.07) is 2.45. The molecule has 0 aliphatic heterocycles. The fourth-order valence-corrected chi connectivity index (χ4v) is 1.45. The van der Waals surface area contributed by atoms with Crippen LogP contribution in [0.3, 0.4) is 0 Å². The Balaban J connectivity index is 3.19. The molecule has 3 N–H and O–H groups in total. The summed E-state index contributed by atoms with van der Waals surface area (Å²) < 4.78 is 10.2. The fourth-order valence-electron chi connectivity index (χ4n) is 1.19. The third-order valence-electron chi connectivity index (χ3n) is 2.17. The van der Waals surface area contributed by atoms with Crippen LogP contribution in [0.4, 0.5) is 0 Å². The van der Waals surface area contributed by atoms with E-state index < -0.39 is 18.0 Å². The van der Waals surface area contributed by atoms with Crippen molar-refractivity contribution < 1.29 is 24.2 Å². The van der Waals surface area contributed by atoms with Crippen LogP contribution >= 0.6 is 11.6 Å². The number of benzene rings is 1. The maximum absolute atomic E-state index is 10.9. The number of aromatic carboxylic acids is 1. The predicted octanol–water partition coefficient (Wildman–Crippen LogP) is 1.30. The molecule has 0 saturated carbocycles. The number of carboxylic acid groups (broad SMARTS) is 1. The number of ether oxygens (including phenoxy) is 2. The second-order valence-electron chi connectivity index (χ2n) is 3.46. The summed E-state index contributed by atoms with van der Waals surface area (Å²) in [7, 11) is 1.33. The number of primary amides is 1. The Morgan fingerprint density at radius 2 is 2.06 bits per heavy atom. The largest absolute Gasteiger partial charge is 0.493 e. The molecule has 1 aromatic carbocycles. The monoisotopic (exact) mass is 273 g/mol. The highest BCUT2D eigenvalue weighted by Crippen LogP contribution is 2.37. The van der Waals surface area contributed by atoms with Gasteiger partial charge in [-0.2, -0.15) is 0 Å². The van der Waals surface area contributed by atoms with E-state index in [1.165, 1.54) is 26.2 Å². The van der Waals surface area contributed by atoms with E-state index in [4.69, 9.17) is 31.9 Å². The molecule has 0 saturated heterocycles. The average molecular weight is 274 g/mol. The van der Waals surface area contributed by atoms with E-state index in [0.717, 1.165) is 0 Å². The molecule has 1 atom stereocenters. The summed E-state index contributed by atoms with van der Waals surface area (Å²) in [5, 5.41) is 8.89. The molecule has 0 fully saturated rings. The standard InChI is InChI=1S/C11H12ClNO5/c1-5(10(13)14)18-9-7(12)3-6(11(15)16)4-8(9)17-2/h3-5H,1-2H3,(H2,13,14)(H,15,16). The van der Waals surface area contributed by atoms with Gasteiger partial charge in [-0.25, -0.2) is 4.79 Å². The van der Waals surface area contributed by atoms with Crippen molar-refractivity contribution in [3.63, 3.8) is 0 Å². The van der Waals surface area contributed by atoms with Crippen molar-refractivity contribution in [2.75, 3.05) is 7.11 Å². The third kappa shape index (κ3) is 3.04. The zero-order chi connectivity index (χ0) is 13.9. The fraction of sp³-hybridized carbons (Fsp3) is 0.273. The molecular weight excluding hydrogens is 262 g/mol. The van der Waals surface area contributed by atoms with Crippen LogP contribution in [-0.4, -0.2) is 30.2 Å². The number of carbonyl (C=O) groups is 2. The predicted molar refractivity (Wildman–Crippen MR) is 64.2 cm³/mol. The number of hydrogen-bond donors (Lipinski definition) is 2. The lowest BCUT2D eigenvalue weighted by atomic mass is 10.2. The zero-order valence-electron chi connectivity index (χ0n) is 9.77. The number of methoxy groups -OCH3 is 1. The zero-order valence-corrected chi connectivity index (χ0v) is 10.5. The van der Waals surface area contributed by atoms with Gasteiger partial charge < -0.3 is 20.3 Å². The van der Waals surface area contributed by atoms with E-state index in [1.54, 1.807) is 0 Å². The number of nitrogens with two attached hydrogens (primary N) is 1. The van der Waals surface area contributed by atoms with E-state index in [1.807, 2.05) is 0 Å². The number of amides is 1. The van der Waals surface area contributed by atoms with Gasteiger partial charge in [0.1, 0.15) is 0 Å². The highest BCUT2D eigenvalue weighted by Gasteiger charge is 2.19. The van der Waals surface area contributed by atoms with Gasteiger partial charge in [-0.1, -0.05) is 11.6 Å². The van der Waals surface area contributed by atoms with Crippen LogP contribution in [0, 0.1) is 0 Å². The molecule has 0 aliphatic rings.